The van der Waals surface area contributed by atoms with Crippen molar-refractivity contribution in [3.8, 4) is 0 Å². The number of hydrogen-bond acceptors (Lipinski definition) is 4. The van der Waals surface area contributed by atoms with E-state index in [9.17, 15) is 19.8 Å². The quantitative estimate of drug-likeness (QED) is 0.610. The molecule has 4 N–H and O–H groups in total. The third-order valence-electron chi connectivity index (χ3n) is 3.56. The summed E-state index contributed by atoms with van der Waals surface area (Å²) in [7, 11) is 0. The molecule has 0 fully saturated rings. The molecule has 1 aliphatic rings. The number of aliphatic hydroxyl groups is 2. The van der Waals surface area contributed by atoms with Crippen LogP contribution >= 0.6 is 0 Å². The van der Waals surface area contributed by atoms with Crippen molar-refractivity contribution in [1.29, 1.82) is 0 Å². The van der Waals surface area contributed by atoms with E-state index in [1.165, 1.54) is 13.8 Å². The number of carboxylic acids is 2. The van der Waals surface area contributed by atoms with Gasteiger partial charge in [-0.05, 0) is 25.0 Å². The number of aliphatic carboxylic acids is 2. The number of carbonyl (C=O) groups is 2. The topological polar surface area (TPSA) is 115 Å². The maximum atomic E-state index is 11.2. The maximum Gasteiger partial charge on any atom is 0.321 e. The van der Waals surface area contributed by atoms with Crippen LogP contribution in [0.25, 0.3) is 0 Å². The van der Waals surface area contributed by atoms with Crippen molar-refractivity contribution in [2.45, 2.75) is 26.7 Å². The Hall–Kier alpha value is -1.98. The molecule has 0 bridgehead atoms. The van der Waals surface area contributed by atoms with Crippen LogP contribution in [0.4, 0.5) is 0 Å². The summed E-state index contributed by atoms with van der Waals surface area (Å²) in [6.45, 7) is 3.06. The molecule has 1 aliphatic carbocycles. The van der Waals surface area contributed by atoms with Gasteiger partial charge in [0.25, 0.3) is 0 Å². The SMILES string of the molecule is CCC1(C(=O)O)C=C(O)C(CC)(C(=O)O)C=C1O. The fourth-order valence-corrected chi connectivity index (χ4v) is 2.08. The molecule has 100 valence electrons. The molecule has 0 aromatic rings. The van der Waals surface area contributed by atoms with Crippen molar-refractivity contribution in [2.24, 2.45) is 10.8 Å². The summed E-state index contributed by atoms with van der Waals surface area (Å²) in [5.74, 6) is -3.78. The summed E-state index contributed by atoms with van der Waals surface area (Å²) in [6.07, 6.45) is 1.85. The molecule has 0 aliphatic heterocycles. The van der Waals surface area contributed by atoms with E-state index >= 15 is 0 Å². The van der Waals surface area contributed by atoms with E-state index in [2.05, 4.69) is 0 Å². The molecule has 0 saturated heterocycles. The third kappa shape index (κ3) is 1.64. The molecule has 0 heterocycles. The predicted octanol–water partition coefficient (Wildman–Crippen LogP) is 1.85. The number of carboxylic acid groups (broad SMARTS) is 2. The summed E-state index contributed by atoms with van der Waals surface area (Å²) >= 11 is 0. The molecule has 0 saturated carbocycles. The Kier molecular flexibility index (Phi) is 3.41. The van der Waals surface area contributed by atoms with Crippen LogP contribution in [0.2, 0.25) is 0 Å². The highest BCUT2D eigenvalue weighted by molar-refractivity contribution is 5.86. The predicted molar refractivity (Wildman–Crippen MR) is 62.1 cm³/mol. The zero-order chi connectivity index (χ0) is 14.1. The van der Waals surface area contributed by atoms with E-state index in [0.717, 1.165) is 12.2 Å². The van der Waals surface area contributed by atoms with Crippen LogP contribution in [0.1, 0.15) is 26.7 Å². The Morgan fingerprint density at radius 3 is 1.39 bits per heavy atom. The standard InChI is InChI=1S/C12H16O6/c1-3-11(9(15)16)5-8(14)12(4-2,10(17)18)6-7(11)13/h5-6,13-14H,3-4H2,1-2H3,(H,15,16)(H,17,18). The molecule has 2 unspecified atom stereocenters. The van der Waals surface area contributed by atoms with Crippen LogP contribution in [-0.2, 0) is 9.59 Å². The summed E-state index contributed by atoms with van der Waals surface area (Å²) in [5.41, 5.74) is -3.50. The fourth-order valence-electron chi connectivity index (χ4n) is 2.08. The maximum absolute atomic E-state index is 11.2. The van der Waals surface area contributed by atoms with Crippen molar-refractivity contribution in [3.63, 3.8) is 0 Å². The van der Waals surface area contributed by atoms with Gasteiger partial charge >= 0.3 is 11.9 Å². The summed E-state index contributed by atoms with van der Waals surface area (Å²) in [5, 5.41) is 38.1. The van der Waals surface area contributed by atoms with Crippen molar-refractivity contribution in [3.05, 3.63) is 23.7 Å². The van der Waals surface area contributed by atoms with Gasteiger partial charge in [0.15, 0.2) is 0 Å². The average Bonchev–Trinajstić information content (AvgIpc) is 2.30. The van der Waals surface area contributed by atoms with Gasteiger partial charge in [0, 0.05) is 0 Å². The lowest BCUT2D eigenvalue weighted by Gasteiger charge is -2.34. The van der Waals surface area contributed by atoms with E-state index in [4.69, 9.17) is 10.2 Å². The monoisotopic (exact) mass is 256 g/mol. The first-order valence-corrected chi connectivity index (χ1v) is 5.58. The van der Waals surface area contributed by atoms with Gasteiger partial charge in [-0.3, -0.25) is 9.59 Å². The zero-order valence-electron chi connectivity index (χ0n) is 10.2. The Morgan fingerprint density at radius 1 is 0.944 bits per heavy atom. The normalized spacial score (nSPS) is 31.4. The van der Waals surface area contributed by atoms with Crippen LogP contribution < -0.4 is 0 Å². The highest BCUT2D eigenvalue weighted by Crippen LogP contribution is 2.45. The minimum absolute atomic E-state index is 0.00808. The zero-order valence-corrected chi connectivity index (χ0v) is 10.2. The number of hydrogen-bond donors (Lipinski definition) is 4. The van der Waals surface area contributed by atoms with Crippen LogP contribution in [0.3, 0.4) is 0 Å². The Morgan fingerprint density at radius 2 is 1.22 bits per heavy atom. The lowest BCUT2D eigenvalue weighted by atomic mass is 9.69. The van der Waals surface area contributed by atoms with Crippen molar-refractivity contribution in [1.82, 2.24) is 0 Å². The van der Waals surface area contributed by atoms with Gasteiger partial charge in [0.1, 0.15) is 22.3 Å². The first-order valence-electron chi connectivity index (χ1n) is 5.58. The first-order chi connectivity index (χ1) is 8.26. The van der Waals surface area contributed by atoms with Gasteiger partial charge in [-0.15, -0.1) is 0 Å². The van der Waals surface area contributed by atoms with Gasteiger partial charge in [-0.2, -0.15) is 0 Å². The molecule has 0 radical (unpaired) electrons. The highest BCUT2D eigenvalue weighted by Gasteiger charge is 2.51. The van der Waals surface area contributed by atoms with Gasteiger partial charge in [-0.25, -0.2) is 0 Å². The highest BCUT2D eigenvalue weighted by atomic mass is 16.4. The van der Waals surface area contributed by atoms with Crippen LogP contribution in [0.15, 0.2) is 23.7 Å². The summed E-state index contributed by atoms with van der Waals surface area (Å²) in [4.78, 5) is 22.5. The van der Waals surface area contributed by atoms with E-state index in [0.29, 0.717) is 0 Å². The molecule has 0 amide bonds. The minimum Gasteiger partial charge on any atom is -0.511 e. The van der Waals surface area contributed by atoms with E-state index < -0.39 is 34.3 Å². The van der Waals surface area contributed by atoms with E-state index in [-0.39, 0.29) is 12.8 Å². The lowest BCUT2D eigenvalue weighted by Crippen LogP contribution is -2.41. The van der Waals surface area contributed by atoms with E-state index in [1.807, 2.05) is 0 Å². The largest absolute Gasteiger partial charge is 0.511 e. The number of aliphatic hydroxyl groups excluding tert-OH is 2. The fraction of sp³-hybridized carbons (Fsp3) is 0.500. The second-order valence-electron chi connectivity index (χ2n) is 4.32. The molecular formula is C12H16O6. The van der Waals surface area contributed by atoms with Gasteiger partial charge in [-0.1, -0.05) is 13.8 Å². The molecule has 0 aromatic heterocycles. The molecule has 6 heteroatoms. The van der Waals surface area contributed by atoms with Crippen LogP contribution in [0, 0.1) is 10.8 Å². The Balaban J connectivity index is 3.47. The smallest absolute Gasteiger partial charge is 0.321 e. The molecule has 6 nitrogen and oxygen atoms in total. The number of rotatable bonds is 4. The Labute approximate surface area is 104 Å². The second kappa shape index (κ2) is 4.36. The van der Waals surface area contributed by atoms with Crippen LogP contribution in [0.5, 0.6) is 0 Å². The van der Waals surface area contributed by atoms with E-state index in [1.54, 1.807) is 0 Å². The van der Waals surface area contributed by atoms with Gasteiger partial charge in [0.05, 0.1) is 0 Å². The van der Waals surface area contributed by atoms with Crippen LogP contribution in [-0.4, -0.2) is 32.4 Å². The van der Waals surface area contributed by atoms with Gasteiger partial charge < -0.3 is 20.4 Å². The first kappa shape index (κ1) is 14.1. The van der Waals surface area contributed by atoms with Gasteiger partial charge in [0.2, 0.25) is 0 Å². The molecule has 0 spiro atoms. The van der Waals surface area contributed by atoms with Crippen molar-refractivity contribution in [2.75, 3.05) is 0 Å². The van der Waals surface area contributed by atoms with Crippen molar-refractivity contribution >= 4 is 11.9 Å². The summed E-state index contributed by atoms with van der Waals surface area (Å²) < 4.78 is 0. The summed E-state index contributed by atoms with van der Waals surface area (Å²) in [6, 6.07) is 0. The second-order valence-corrected chi connectivity index (χ2v) is 4.32. The lowest BCUT2D eigenvalue weighted by molar-refractivity contribution is -0.149. The molecule has 2 atom stereocenters. The molecule has 1 rings (SSSR count). The average molecular weight is 256 g/mol. The minimum atomic E-state index is -1.75. The Bertz CT molecular complexity index is 407. The third-order valence-corrected chi connectivity index (χ3v) is 3.56. The molecule has 18 heavy (non-hydrogen) atoms. The van der Waals surface area contributed by atoms with Crippen molar-refractivity contribution < 1.29 is 30.0 Å². The molecular weight excluding hydrogens is 240 g/mol. The molecule has 0 aromatic carbocycles.